The Morgan fingerprint density at radius 2 is 2.21 bits per heavy atom. The minimum absolute atomic E-state index is 0.134. The molecule has 0 amide bonds. The van der Waals surface area contributed by atoms with E-state index < -0.39 is 18.1 Å². The lowest BCUT2D eigenvalue weighted by Crippen LogP contribution is -2.28. The van der Waals surface area contributed by atoms with Crippen molar-refractivity contribution in [2.45, 2.75) is 19.1 Å². The second-order valence-corrected chi connectivity index (χ2v) is 3.59. The molecule has 1 aromatic rings. The molecule has 7 heteroatoms. The van der Waals surface area contributed by atoms with Gasteiger partial charge in [-0.3, -0.25) is 4.79 Å². The van der Waals surface area contributed by atoms with Gasteiger partial charge >= 0.3 is 5.97 Å². The third-order valence-corrected chi connectivity index (χ3v) is 2.46. The van der Waals surface area contributed by atoms with Gasteiger partial charge in [0.15, 0.2) is 6.04 Å². The fraction of sp³-hybridized carbons (Fsp3) is 0.417. The highest BCUT2D eigenvalue weighted by atomic mass is 16.5. The molecule has 2 atom stereocenters. The number of azide groups is 1. The molecule has 0 aliphatic heterocycles. The van der Waals surface area contributed by atoms with Crippen molar-refractivity contribution >= 4 is 5.97 Å². The number of nitrogens with zero attached hydrogens (tertiary/aromatic N) is 3. The van der Waals surface area contributed by atoms with Crippen LogP contribution in [0.4, 0.5) is 0 Å². The van der Waals surface area contributed by atoms with E-state index in [-0.39, 0.29) is 6.61 Å². The number of methoxy groups -OCH3 is 1. The molecule has 0 aromatic heterocycles. The van der Waals surface area contributed by atoms with E-state index in [1.807, 2.05) is 0 Å². The van der Waals surface area contributed by atoms with Gasteiger partial charge in [-0.2, -0.15) is 0 Å². The maximum atomic E-state index is 11.7. The maximum Gasteiger partial charge on any atom is 0.317 e. The van der Waals surface area contributed by atoms with Crippen LogP contribution in [0, 0.1) is 0 Å². The minimum Gasteiger partial charge on any atom is -0.496 e. The number of aliphatic hydroxyl groups is 1. The average Bonchev–Trinajstić information content (AvgIpc) is 2.44. The number of carbonyl (C=O) groups excluding carboxylic acids is 1. The van der Waals surface area contributed by atoms with Gasteiger partial charge in [0, 0.05) is 10.5 Å². The van der Waals surface area contributed by atoms with E-state index in [0.29, 0.717) is 11.3 Å². The topological polar surface area (TPSA) is 105 Å². The zero-order valence-corrected chi connectivity index (χ0v) is 10.7. The average molecular weight is 265 g/mol. The van der Waals surface area contributed by atoms with Crippen LogP contribution in [0.2, 0.25) is 0 Å². The third-order valence-electron chi connectivity index (χ3n) is 2.46. The minimum atomic E-state index is -1.35. The highest BCUT2D eigenvalue weighted by Gasteiger charge is 2.30. The molecule has 0 saturated heterocycles. The number of rotatable bonds is 6. The van der Waals surface area contributed by atoms with Crippen LogP contribution in [-0.2, 0) is 9.53 Å². The number of para-hydroxylation sites is 1. The van der Waals surface area contributed by atoms with Crippen LogP contribution >= 0.6 is 0 Å². The van der Waals surface area contributed by atoms with Gasteiger partial charge in [-0.25, -0.2) is 0 Å². The van der Waals surface area contributed by atoms with E-state index in [9.17, 15) is 9.90 Å². The molecule has 0 aliphatic rings. The Morgan fingerprint density at radius 1 is 1.53 bits per heavy atom. The summed E-state index contributed by atoms with van der Waals surface area (Å²) < 4.78 is 9.86. The van der Waals surface area contributed by atoms with Gasteiger partial charge in [-0.1, -0.05) is 23.3 Å². The van der Waals surface area contributed by atoms with E-state index in [0.717, 1.165) is 0 Å². The first-order valence-electron chi connectivity index (χ1n) is 5.67. The van der Waals surface area contributed by atoms with E-state index in [1.165, 1.54) is 7.11 Å². The third kappa shape index (κ3) is 3.61. The summed E-state index contributed by atoms with van der Waals surface area (Å²) in [6.45, 7) is 1.76. The molecule has 7 nitrogen and oxygen atoms in total. The zero-order valence-electron chi connectivity index (χ0n) is 10.7. The Kier molecular flexibility index (Phi) is 5.66. The van der Waals surface area contributed by atoms with Crippen LogP contribution in [-0.4, -0.2) is 30.8 Å². The molecule has 1 rings (SSSR count). The lowest BCUT2D eigenvalue weighted by Gasteiger charge is -2.19. The fourth-order valence-corrected chi connectivity index (χ4v) is 1.60. The quantitative estimate of drug-likeness (QED) is 0.367. The molecule has 0 spiro atoms. The Hall–Kier alpha value is -2.24. The summed E-state index contributed by atoms with van der Waals surface area (Å²) in [7, 11) is 1.44. The van der Waals surface area contributed by atoms with Gasteiger partial charge in [0.25, 0.3) is 0 Å². The van der Waals surface area contributed by atoms with Gasteiger partial charge in [-0.15, -0.1) is 0 Å². The molecule has 0 fully saturated rings. The molecule has 0 heterocycles. The van der Waals surface area contributed by atoms with Crippen molar-refractivity contribution in [2.24, 2.45) is 5.11 Å². The predicted octanol–water partition coefficient (Wildman–Crippen LogP) is 1.97. The smallest absolute Gasteiger partial charge is 0.317 e. The predicted molar refractivity (Wildman–Crippen MR) is 67.5 cm³/mol. The second-order valence-electron chi connectivity index (χ2n) is 3.59. The van der Waals surface area contributed by atoms with Crippen molar-refractivity contribution in [2.75, 3.05) is 13.7 Å². The standard InChI is InChI=1S/C12H15N3O4/c1-3-19-12(17)10(14-15-13)11(16)8-6-4-5-7-9(8)18-2/h4-7,10-11,16H,3H2,1-2H3. The summed E-state index contributed by atoms with van der Waals surface area (Å²) in [5.74, 6) is -0.379. The number of aliphatic hydroxyl groups excluding tert-OH is 1. The number of esters is 1. The summed E-state index contributed by atoms with van der Waals surface area (Å²) in [5, 5.41) is 13.5. The molecule has 2 unspecified atom stereocenters. The van der Waals surface area contributed by atoms with Gasteiger partial charge in [0.1, 0.15) is 11.9 Å². The molecular weight excluding hydrogens is 250 g/mol. The van der Waals surface area contributed by atoms with Gasteiger partial charge in [0.2, 0.25) is 0 Å². The van der Waals surface area contributed by atoms with Crippen LogP contribution in [0.5, 0.6) is 5.75 Å². The SMILES string of the molecule is CCOC(=O)C(N=[N+]=[N-])C(O)c1ccccc1OC. The van der Waals surface area contributed by atoms with Crippen molar-refractivity contribution in [3.05, 3.63) is 40.3 Å². The maximum absolute atomic E-state index is 11.7. The molecule has 0 saturated carbocycles. The number of hydrogen-bond acceptors (Lipinski definition) is 5. The van der Waals surface area contributed by atoms with Crippen molar-refractivity contribution in [3.63, 3.8) is 0 Å². The van der Waals surface area contributed by atoms with E-state index >= 15 is 0 Å². The van der Waals surface area contributed by atoms with Crippen molar-refractivity contribution in [1.82, 2.24) is 0 Å². The van der Waals surface area contributed by atoms with Gasteiger partial charge in [0.05, 0.1) is 13.7 Å². The fourth-order valence-electron chi connectivity index (χ4n) is 1.60. The van der Waals surface area contributed by atoms with E-state index in [1.54, 1.807) is 31.2 Å². The van der Waals surface area contributed by atoms with E-state index in [4.69, 9.17) is 15.0 Å². The Bertz CT molecular complexity index is 486. The normalized spacial score (nSPS) is 13.0. The van der Waals surface area contributed by atoms with E-state index in [2.05, 4.69) is 10.0 Å². The summed E-state index contributed by atoms with van der Waals surface area (Å²) in [6, 6.07) is 5.28. The Labute approximate surface area is 110 Å². The number of ether oxygens (including phenoxy) is 2. The van der Waals surface area contributed by atoms with Crippen molar-refractivity contribution in [3.8, 4) is 5.75 Å². The number of hydrogen-bond donors (Lipinski definition) is 1. The first-order chi connectivity index (χ1) is 9.15. The lowest BCUT2D eigenvalue weighted by atomic mass is 10.0. The zero-order chi connectivity index (χ0) is 14.3. The molecule has 1 aromatic carbocycles. The van der Waals surface area contributed by atoms with Crippen LogP contribution in [0.3, 0.4) is 0 Å². The lowest BCUT2D eigenvalue weighted by molar-refractivity contribution is -0.147. The molecule has 0 radical (unpaired) electrons. The molecule has 0 bridgehead atoms. The summed E-state index contributed by atoms with van der Waals surface area (Å²) in [5.41, 5.74) is 8.84. The first-order valence-corrected chi connectivity index (χ1v) is 5.67. The molecular formula is C12H15N3O4. The Morgan fingerprint density at radius 3 is 2.79 bits per heavy atom. The Balaban J connectivity index is 3.08. The first kappa shape index (κ1) is 14.8. The van der Waals surface area contributed by atoms with Crippen LogP contribution in [0.15, 0.2) is 29.4 Å². The summed E-state index contributed by atoms with van der Waals surface area (Å²) in [6.07, 6.45) is -1.33. The largest absolute Gasteiger partial charge is 0.496 e. The molecule has 0 aliphatic carbocycles. The molecule has 1 N–H and O–H groups in total. The highest BCUT2D eigenvalue weighted by molar-refractivity contribution is 5.77. The van der Waals surface area contributed by atoms with Crippen LogP contribution < -0.4 is 4.74 Å². The number of carbonyl (C=O) groups is 1. The van der Waals surface area contributed by atoms with Crippen molar-refractivity contribution in [1.29, 1.82) is 0 Å². The molecule has 19 heavy (non-hydrogen) atoms. The van der Waals surface area contributed by atoms with Gasteiger partial charge in [-0.05, 0) is 18.5 Å². The van der Waals surface area contributed by atoms with Crippen LogP contribution in [0.1, 0.15) is 18.6 Å². The monoisotopic (exact) mass is 265 g/mol. The summed E-state index contributed by atoms with van der Waals surface area (Å²) >= 11 is 0. The van der Waals surface area contributed by atoms with Crippen molar-refractivity contribution < 1.29 is 19.4 Å². The van der Waals surface area contributed by atoms with Gasteiger partial charge < -0.3 is 14.6 Å². The molecule has 102 valence electrons. The second kappa shape index (κ2) is 7.25. The van der Waals surface area contributed by atoms with Crippen LogP contribution in [0.25, 0.3) is 10.4 Å². The summed E-state index contributed by atoms with van der Waals surface area (Å²) in [4.78, 5) is 14.2. The number of benzene rings is 1. The highest BCUT2D eigenvalue weighted by Crippen LogP contribution is 2.28.